The lowest BCUT2D eigenvalue weighted by Crippen LogP contribution is -2.17. The van der Waals surface area contributed by atoms with E-state index in [9.17, 15) is 13.2 Å². The van der Waals surface area contributed by atoms with Gasteiger partial charge in [0.05, 0.1) is 23.1 Å². The number of ether oxygens (including phenoxy) is 1. The maximum atomic E-state index is 12.3. The highest BCUT2D eigenvalue weighted by Gasteiger charge is 2.31. The molecule has 0 unspecified atom stereocenters. The molecule has 1 fully saturated rings. The van der Waals surface area contributed by atoms with Crippen molar-refractivity contribution >= 4 is 29.6 Å². The minimum atomic E-state index is -4.73. The maximum absolute atomic E-state index is 12.3. The molecule has 0 aliphatic heterocycles. The number of hydrogen-bond acceptors (Lipinski definition) is 6. The van der Waals surface area contributed by atoms with E-state index in [0.29, 0.717) is 17.4 Å². The molecule has 0 amide bonds. The molecular weight excluding hydrogens is 501 g/mol. The third-order valence-electron chi connectivity index (χ3n) is 5.37. The minimum absolute atomic E-state index is 0.292. The first-order chi connectivity index (χ1) is 17.9. The maximum Gasteiger partial charge on any atom is 0.573 e. The molecule has 0 radical (unpaired) electrons. The second kappa shape index (κ2) is 11.7. The number of nitrogens with zero attached hydrogens (tertiary/aromatic N) is 4. The summed E-state index contributed by atoms with van der Waals surface area (Å²) < 4.78 is 42.3. The van der Waals surface area contributed by atoms with Gasteiger partial charge in [-0.15, -0.1) is 18.3 Å². The fourth-order valence-electron chi connectivity index (χ4n) is 3.56. The van der Waals surface area contributed by atoms with Gasteiger partial charge in [-0.25, -0.2) is 9.67 Å². The Morgan fingerprint density at radius 2 is 1.70 bits per heavy atom. The van der Waals surface area contributed by atoms with Crippen LogP contribution in [0.1, 0.15) is 29.9 Å². The zero-order valence-electron chi connectivity index (χ0n) is 19.5. The molecule has 3 aromatic carbocycles. The minimum Gasteiger partial charge on any atom is -0.406 e. The summed E-state index contributed by atoms with van der Waals surface area (Å²) in [6, 6.07) is 21.2. The van der Waals surface area contributed by atoms with E-state index in [0.717, 1.165) is 22.3 Å². The third kappa shape index (κ3) is 7.37. The molecule has 0 bridgehead atoms. The number of thiocarbonyl (C=S) groups is 1. The van der Waals surface area contributed by atoms with Gasteiger partial charge in [-0.05, 0) is 60.2 Å². The standard InChI is InChI=1S/C25H20F3N5O.CH3NS/c26-25(27,28)34-21-13-11-20(12-14-21)33-16-29-24(32-33)19-7-5-17(6-8-19)15-30-31-23-4-2-1-3-22(23)18-9-10-18;2-1-3/h1-8,11-16,18,31H,9-10H2;1H,(H2,2,3)/b30-15+;. The molecule has 1 aliphatic carbocycles. The monoisotopic (exact) mass is 524 g/mol. The van der Waals surface area contributed by atoms with Crippen molar-refractivity contribution < 1.29 is 17.9 Å². The van der Waals surface area contributed by atoms with Crippen LogP contribution in [0.15, 0.2) is 84.2 Å². The molecule has 0 saturated heterocycles. The second-order valence-corrected chi connectivity index (χ2v) is 8.32. The Balaban J connectivity index is 0.00000102. The van der Waals surface area contributed by atoms with E-state index in [4.69, 9.17) is 0 Å². The normalized spacial score (nSPS) is 13.1. The number of hydrazone groups is 1. The molecule has 1 saturated carbocycles. The van der Waals surface area contributed by atoms with Gasteiger partial charge in [0, 0.05) is 5.56 Å². The predicted octanol–water partition coefficient (Wildman–Crippen LogP) is 6.06. The number of hydrogen-bond donors (Lipinski definition) is 2. The van der Waals surface area contributed by atoms with Crippen LogP contribution in [0, 0.1) is 0 Å². The molecule has 3 N–H and O–H groups in total. The van der Waals surface area contributed by atoms with Crippen LogP contribution in [-0.4, -0.2) is 32.8 Å². The molecule has 5 rings (SSSR count). The topological polar surface area (TPSA) is 90.3 Å². The van der Waals surface area contributed by atoms with E-state index in [1.54, 1.807) is 6.21 Å². The molecule has 190 valence electrons. The highest BCUT2D eigenvalue weighted by atomic mass is 32.1. The van der Waals surface area contributed by atoms with Crippen molar-refractivity contribution in [2.24, 2.45) is 10.8 Å². The van der Waals surface area contributed by atoms with Crippen molar-refractivity contribution in [1.29, 1.82) is 0 Å². The molecule has 1 aromatic heterocycles. The molecule has 0 atom stereocenters. The molecule has 37 heavy (non-hydrogen) atoms. The van der Waals surface area contributed by atoms with Gasteiger partial charge in [0.1, 0.15) is 12.1 Å². The molecule has 1 heterocycles. The Bertz CT molecular complexity index is 1350. The van der Waals surface area contributed by atoms with Crippen LogP contribution in [0.2, 0.25) is 0 Å². The van der Waals surface area contributed by atoms with Crippen molar-refractivity contribution in [2.45, 2.75) is 25.1 Å². The van der Waals surface area contributed by atoms with Gasteiger partial charge in [0.25, 0.3) is 0 Å². The van der Waals surface area contributed by atoms with Crippen molar-refractivity contribution in [2.75, 3.05) is 5.43 Å². The Hall–Kier alpha value is -4.25. The smallest absolute Gasteiger partial charge is 0.406 e. The average molecular weight is 525 g/mol. The zero-order valence-corrected chi connectivity index (χ0v) is 20.3. The van der Waals surface area contributed by atoms with Gasteiger partial charge in [0.2, 0.25) is 0 Å². The van der Waals surface area contributed by atoms with Crippen LogP contribution in [0.25, 0.3) is 17.1 Å². The highest BCUT2D eigenvalue weighted by Crippen LogP contribution is 2.43. The molecule has 4 aromatic rings. The molecule has 11 heteroatoms. The highest BCUT2D eigenvalue weighted by molar-refractivity contribution is 7.78. The lowest BCUT2D eigenvalue weighted by atomic mass is 10.1. The fourth-order valence-corrected chi connectivity index (χ4v) is 3.56. The number of nitrogens with one attached hydrogen (secondary N) is 1. The van der Waals surface area contributed by atoms with E-state index in [-0.39, 0.29) is 5.75 Å². The Labute approximate surface area is 216 Å². The fraction of sp³-hybridized carbons (Fsp3) is 0.154. The number of para-hydroxylation sites is 1. The van der Waals surface area contributed by atoms with Gasteiger partial charge >= 0.3 is 6.36 Å². The van der Waals surface area contributed by atoms with Gasteiger partial charge in [-0.3, -0.25) is 5.43 Å². The molecule has 1 aliphatic rings. The predicted molar refractivity (Wildman–Crippen MR) is 141 cm³/mol. The quantitative estimate of drug-likeness (QED) is 0.174. The molecule has 7 nitrogen and oxygen atoms in total. The average Bonchev–Trinajstić information content (AvgIpc) is 3.61. The SMILES string of the molecule is FC(F)(F)Oc1ccc(-n2cnc(-c3ccc(/C=N/Nc4ccccc4C4CC4)cc3)n2)cc1.NC=S. The molecule has 0 spiro atoms. The zero-order chi connectivity index (χ0) is 26.3. The van der Waals surface area contributed by atoms with Crippen LogP contribution in [0.4, 0.5) is 18.9 Å². The van der Waals surface area contributed by atoms with Crippen molar-refractivity contribution in [3.8, 4) is 22.8 Å². The summed E-state index contributed by atoms with van der Waals surface area (Å²) >= 11 is 4.05. The summed E-state index contributed by atoms with van der Waals surface area (Å²) in [7, 11) is 0. The largest absolute Gasteiger partial charge is 0.573 e. The first kappa shape index (κ1) is 25.8. The van der Waals surface area contributed by atoms with Crippen LogP contribution in [0.3, 0.4) is 0 Å². The van der Waals surface area contributed by atoms with Gasteiger partial charge in [-0.2, -0.15) is 5.10 Å². The van der Waals surface area contributed by atoms with Crippen LogP contribution >= 0.6 is 12.2 Å². The van der Waals surface area contributed by atoms with Gasteiger partial charge < -0.3 is 10.5 Å². The van der Waals surface area contributed by atoms with Gasteiger partial charge in [-0.1, -0.05) is 54.7 Å². The van der Waals surface area contributed by atoms with E-state index >= 15 is 0 Å². The second-order valence-electron chi connectivity index (χ2n) is 8.04. The number of halogens is 3. The van der Waals surface area contributed by atoms with Crippen LogP contribution in [-0.2, 0) is 0 Å². The number of benzene rings is 3. The van der Waals surface area contributed by atoms with Crippen molar-refractivity contribution in [1.82, 2.24) is 14.8 Å². The summed E-state index contributed by atoms with van der Waals surface area (Å²) in [5.41, 5.74) is 13.4. The van der Waals surface area contributed by atoms with Crippen molar-refractivity contribution in [3.63, 3.8) is 0 Å². The third-order valence-corrected chi connectivity index (χ3v) is 5.37. The van der Waals surface area contributed by atoms with E-state index in [1.807, 2.05) is 42.5 Å². The van der Waals surface area contributed by atoms with Crippen LogP contribution < -0.4 is 15.9 Å². The van der Waals surface area contributed by atoms with Crippen LogP contribution in [0.5, 0.6) is 5.75 Å². The summed E-state index contributed by atoms with van der Waals surface area (Å²) in [6.07, 6.45) is 0.989. The van der Waals surface area contributed by atoms with E-state index in [2.05, 4.69) is 49.4 Å². The van der Waals surface area contributed by atoms with Gasteiger partial charge in [0.15, 0.2) is 5.82 Å². The Morgan fingerprint density at radius 3 is 2.35 bits per heavy atom. The van der Waals surface area contributed by atoms with E-state index < -0.39 is 6.36 Å². The Kier molecular flexibility index (Phi) is 8.14. The lowest BCUT2D eigenvalue weighted by molar-refractivity contribution is -0.274. The number of nitrogens with two attached hydrogens (primary N) is 1. The number of aromatic nitrogens is 3. The Morgan fingerprint density at radius 1 is 1.03 bits per heavy atom. The first-order valence-electron chi connectivity index (χ1n) is 11.3. The number of alkyl halides is 3. The summed E-state index contributed by atoms with van der Waals surface area (Å²) in [6.45, 7) is 0. The molecular formula is C26H23F3N6OS. The number of anilines is 1. The summed E-state index contributed by atoms with van der Waals surface area (Å²) in [4.78, 5) is 4.30. The lowest BCUT2D eigenvalue weighted by Gasteiger charge is -2.09. The summed E-state index contributed by atoms with van der Waals surface area (Å²) in [5, 5.41) is 8.78. The van der Waals surface area contributed by atoms with Crippen molar-refractivity contribution in [3.05, 3.63) is 90.3 Å². The number of rotatable bonds is 7. The summed E-state index contributed by atoms with van der Waals surface area (Å²) in [5.74, 6) is 0.839. The van der Waals surface area contributed by atoms with E-state index in [1.165, 1.54) is 53.7 Å². The first-order valence-corrected chi connectivity index (χ1v) is 11.7.